The summed E-state index contributed by atoms with van der Waals surface area (Å²) in [6.45, 7) is 9.53. The predicted molar refractivity (Wildman–Crippen MR) is 87.0 cm³/mol. The predicted octanol–water partition coefficient (Wildman–Crippen LogP) is 2.02. The largest absolute Gasteiger partial charge is 0.443 e. The van der Waals surface area contributed by atoms with Crippen molar-refractivity contribution in [2.45, 2.75) is 39.2 Å². The number of guanidine groups is 1. The van der Waals surface area contributed by atoms with Gasteiger partial charge in [0.1, 0.15) is 5.76 Å². The average molecular weight is 308 g/mol. The molecule has 6 heteroatoms. The summed E-state index contributed by atoms with van der Waals surface area (Å²) < 4.78 is 11.2. The van der Waals surface area contributed by atoms with Gasteiger partial charge in [-0.05, 0) is 6.42 Å². The van der Waals surface area contributed by atoms with E-state index in [1.54, 1.807) is 13.2 Å². The molecule has 22 heavy (non-hydrogen) atoms. The molecule has 1 unspecified atom stereocenters. The van der Waals surface area contributed by atoms with Crippen LogP contribution in [0, 0.1) is 5.92 Å². The van der Waals surface area contributed by atoms with Crippen LogP contribution in [0.4, 0.5) is 0 Å². The molecule has 0 saturated carbocycles. The van der Waals surface area contributed by atoms with Crippen molar-refractivity contribution in [1.82, 2.24) is 15.2 Å². The molecule has 1 aromatic rings. The third-order valence-corrected chi connectivity index (χ3v) is 3.82. The summed E-state index contributed by atoms with van der Waals surface area (Å²) >= 11 is 0. The third kappa shape index (κ3) is 4.47. The highest BCUT2D eigenvalue weighted by Gasteiger charge is 2.21. The molecule has 0 aromatic carbocycles. The van der Waals surface area contributed by atoms with E-state index in [1.165, 1.54) is 0 Å². The molecule has 0 radical (unpaired) electrons. The van der Waals surface area contributed by atoms with Gasteiger partial charge in [-0.15, -0.1) is 0 Å². The number of oxazole rings is 1. The fraction of sp³-hybridized carbons (Fsp3) is 0.750. The van der Waals surface area contributed by atoms with Crippen LogP contribution in [0.25, 0.3) is 0 Å². The molecule has 1 fully saturated rings. The Balaban J connectivity index is 1.86. The second-order valence-electron chi connectivity index (χ2n) is 6.88. The summed E-state index contributed by atoms with van der Waals surface area (Å²) in [6, 6.07) is 0. The molecule has 124 valence electrons. The molecule has 0 bridgehead atoms. The summed E-state index contributed by atoms with van der Waals surface area (Å²) in [5.74, 6) is 3.01. The lowest BCUT2D eigenvalue weighted by Gasteiger charge is -2.24. The van der Waals surface area contributed by atoms with Crippen LogP contribution in [0.1, 0.15) is 38.8 Å². The third-order valence-electron chi connectivity index (χ3n) is 3.82. The number of aliphatic imine (C=N–C) groups is 1. The molecule has 1 aliphatic rings. The zero-order valence-electron chi connectivity index (χ0n) is 14.3. The molecule has 1 aliphatic heterocycles. The van der Waals surface area contributed by atoms with Crippen molar-refractivity contribution < 1.29 is 9.15 Å². The highest BCUT2D eigenvalue weighted by Crippen LogP contribution is 2.22. The van der Waals surface area contributed by atoms with E-state index in [2.05, 4.69) is 41.0 Å². The minimum atomic E-state index is -0.0216. The van der Waals surface area contributed by atoms with Crippen molar-refractivity contribution in [3.63, 3.8) is 0 Å². The van der Waals surface area contributed by atoms with Gasteiger partial charge < -0.3 is 19.4 Å². The summed E-state index contributed by atoms with van der Waals surface area (Å²) in [6.07, 6.45) is 2.93. The van der Waals surface area contributed by atoms with Gasteiger partial charge in [0.25, 0.3) is 0 Å². The van der Waals surface area contributed by atoms with Crippen LogP contribution in [-0.4, -0.2) is 49.7 Å². The molecular weight excluding hydrogens is 280 g/mol. The second kappa shape index (κ2) is 7.13. The molecule has 6 nitrogen and oxygen atoms in total. The monoisotopic (exact) mass is 308 g/mol. The van der Waals surface area contributed by atoms with Crippen LogP contribution in [-0.2, 0) is 16.7 Å². The van der Waals surface area contributed by atoms with E-state index in [9.17, 15) is 0 Å². The fourth-order valence-electron chi connectivity index (χ4n) is 2.48. The number of hydrogen-bond donors (Lipinski definition) is 1. The number of nitrogens with zero attached hydrogens (tertiary/aromatic N) is 3. The molecule has 2 rings (SSSR count). The lowest BCUT2D eigenvalue weighted by Crippen LogP contribution is -2.41. The van der Waals surface area contributed by atoms with Crippen molar-refractivity contribution in [1.29, 1.82) is 0 Å². The molecule has 1 N–H and O–H groups in total. The number of nitrogens with one attached hydrogen (secondary N) is 1. The Bertz CT molecular complexity index is 498. The Morgan fingerprint density at radius 1 is 1.50 bits per heavy atom. The van der Waals surface area contributed by atoms with Gasteiger partial charge in [0, 0.05) is 38.6 Å². The Morgan fingerprint density at radius 3 is 2.82 bits per heavy atom. The smallest absolute Gasteiger partial charge is 0.213 e. The fourth-order valence-corrected chi connectivity index (χ4v) is 2.48. The standard InChI is InChI=1S/C16H28N4O2/c1-16(2,3)13-8-18-14(22-13)9-19-15(17-4)20(5)10-12-6-7-21-11-12/h8,12H,6-7,9-11H2,1-5H3,(H,17,19). The number of rotatable bonds is 4. The first-order valence-electron chi connectivity index (χ1n) is 7.85. The van der Waals surface area contributed by atoms with Crippen molar-refractivity contribution in [3.8, 4) is 0 Å². The highest BCUT2D eigenvalue weighted by atomic mass is 16.5. The summed E-state index contributed by atoms with van der Waals surface area (Å²) in [5.41, 5.74) is -0.0216. The van der Waals surface area contributed by atoms with Gasteiger partial charge in [0.05, 0.1) is 19.3 Å². The van der Waals surface area contributed by atoms with Crippen molar-refractivity contribution in [3.05, 3.63) is 17.8 Å². The summed E-state index contributed by atoms with van der Waals surface area (Å²) in [5, 5.41) is 3.30. The number of ether oxygens (including phenoxy) is 1. The van der Waals surface area contributed by atoms with Gasteiger partial charge in [0.15, 0.2) is 5.96 Å². The van der Waals surface area contributed by atoms with Crippen molar-refractivity contribution in [2.75, 3.05) is 33.9 Å². The minimum absolute atomic E-state index is 0.0216. The highest BCUT2D eigenvalue weighted by molar-refractivity contribution is 5.79. The van der Waals surface area contributed by atoms with Crippen LogP contribution >= 0.6 is 0 Å². The van der Waals surface area contributed by atoms with E-state index >= 15 is 0 Å². The van der Waals surface area contributed by atoms with Crippen molar-refractivity contribution in [2.24, 2.45) is 10.9 Å². The number of hydrogen-bond acceptors (Lipinski definition) is 4. The molecule has 2 heterocycles. The molecule has 0 amide bonds. The van der Waals surface area contributed by atoms with Crippen LogP contribution in [0.2, 0.25) is 0 Å². The lowest BCUT2D eigenvalue weighted by atomic mass is 9.94. The van der Waals surface area contributed by atoms with Gasteiger partial charge in [-0.1, -0.05) is 20.8 Å². The maximum atomic E-state index is 5.79. The van der Waals surface area contributed by atoms with E-state index in [4.69, 9.17) is 9.15 Å². The molecule has 1 saturated heterocycles. The van der Waals surface area contributed by atoms with Gasteiger partial charge in [-0.3, -0.25) is 4.99 Å². The Morgan fingerprint density at radius 2 is 2.27 bits per heavy atom. The van der Waals surface area contributed by atoms with Gasteiger partial charge in [-0.25, -0.2) is 4.98 Å². The van der Waals surface area contributed by atoms with Crippen molar-refractivity contribution >= 4 is 5.96 Å². The molecular formula is C16H28N4O2. The Kier molecular flexibility index (Phi) is 5.45. The summed E-state index contributed by atoms with van der Waals surface area (Å²) in [7, 11) is 3.84. The number of aromatic nitrogens is 1. The minimum Gasteiger partial charge on any atom is -0.443 e. The zero-order chi connectivity index (χ0) is 16.2. The normalized spacial score (nSPS) is 19.5. The Hall–Kier alpha value is -1.56. The van der Waals surface area contributed by atoms with Crippen LogP contribution in [0.5, 0.6) is 0 Å². The van der Waals surface area contributed by atoms with Crippen LogP contribution in [0.15, 0.2) is 15.6 Å². The molecule has 0 aliphatic carbocycles. The van der Waals surface area contributed by atoms with E-state index in [0.717, 1.165) is 37.9 Å². The maximum absolute atomic E-state index is 5.79. The zero-order valence-corrected chi connectivity index (χ0v) is 14.3. The second-order valence-corrected chi connectivity index (χ2v) is 6.88. The molecule has 1 aromatic heterocycles. The van der Waals surface area contributed by atoms with Gasteiger partial charge in [0.2, 0.25) is 5.89 Å². The van der Waals surface area contributed by atoms with Crippen LogP contribution < -0.4 is 5.32 Å². The first kappa shape index (κ1) is 16.8. The first-order valence-corrected chi connectivity index (χ1v) is 7.85. The van der Waals surface area contributed by atoms with E-state index in [-0.39, 0.29) is 5.41 Å². The summed E-state index contributed by atoms with van der Waals surface area (Å²) in [4.78, 5) is 10.8. The average Bonchev–Trinajstić information content (AvgIpc) is 3.09. The quantitative estimate of drug-likeness (QED) is 0.681. The Labute approximate surface area is 133 Å². The van der Waals surface area contributed by atoms with Gasteiger partial charge in [-0.2, -0.15) is 0 Å². The molecule has 0 spiro atoms. The maximum Gasteiger partial charge on any atom is 0.213 e. The van der Waals surface area contributed by atoms with E-state index in [1.807, 2.05) is 7.05 Å². The first-order chi connectivity index (χ1) is 10.4. The van der Waals surface area contributed by atoms with E-state index < -0.39 is 0 Å². The lowest BCUT2D eigenvalue weighted by molar-refractivity contribution is 0.181. The SMILES string of the molecule is CN=C(NCc1ncc(C(C)(C)C)o1)N(C)CC1CCOC1. The molecule has 1 atom stereocenters. The van der Waals surface area contributed by atoms with Crippen LogP contribution in [0.3, 0.4) is 0 Å². The topological polar surface area (TPSA) is 62.9 Å². The van der Waals surface area contributed by atoms with E-state index in [0.29, 0.717) is 18.4 Å². The van der Waals surface area contributed by atoms with Gasteiger partial charge >= 0.3 is 0 Å².